The third kappa shape index (κ3) is 2.96. The highest BCUT2D eigenvalue weighted by atomic mass is 32.1. The molecular formula is C15H19NS. The second kappa shape index (κ2) is 5.48. The topological polar surface area (TPSA) is 12.0 Å². The quantitative estimate of drug-likeness (QED) is 0.850. The van der Waals surface area contributed by atoms with Gasteiger partial charge in [0.1, 0.15) is 0 Å². The second-order valence-corrected chi connectivity index (χ2v) is 5.50. The summed E-state index contributed by atoms with van der Waals surface area (Å²) >= 11 is 1.84. The van der Waals surface area contributed by atoms with E-state index in [-0.39, 0.29) is 0 Å². The van der Waals surface area contributed by atoms with Crippen LogP contribution in [0.5, 0.6) is 0 Å². The van der Waals surface area contributed by atoms with E-state index in [1.54, 1.807) is 0 Å². The fourth-order valence-electron chi connectivity index (χ4n) is 1.82. The lowest BCUT2D eigenvalue weighted by atomic mass is 10.1. The molecule has 0 fully saturated rings. The van der Waals surface area contributed by atoms with Gasteiger partial charge in [0.25, 0.3) is 0 Å². The molecule has 0 atom stereocenters. The summed E-state index contributed by atoms with van der Waals surface area (Å²) in [6.07, 6.45) is 0. The number of thiophene rings is 1. The Labute approximate surface area is 108 Å². The summed E-state index contributed by atoms with van der Waals surface area (Å²) in [6.45, 7) is 7.54. The first-order valence-electron chi connectivity index (χ1n) is 6.04. The summed E-state index contributed by atoms with van der Waals surface area (Å²) in [5.74, 6) is 0. The highest BCUT2D eigenvalue weighted by Gasteiger charge is 2.09. The number of benzene rings is 1. The molecule has 0 saturated heterocycles. The molecule has 1 N–H and O–H groups in total. The largest absolute Gasteiger partial charge is 0.310 e. The molecule has 1 aromatic heterocycles. The maximum atomic E-state index is 3.47. The van der Waals surface area contributed by atoms with Crippen molar-refractivity contribution in [3.8, 4) is 10.4 Å². The Morgan fingerprint density at radius 2 is 1.88 bits per heavy atom. The third-order valence-electron chi connectivity index (χ3n) is 2.88. The SMILES string of the molecule is Cc1c(CNC(C)C)csc1-c1ccccc1. The molecule has 0 radical (unpaired) electrons. The van der Waals surface area contributed by atoms with Crippen molar-refractivity contribution in [2.75, 3.05) is 0 Å². The Bertz CT molecular complexity index is 471. The van der Waals surface area contributed by atoms with Gasteiger partial charge < -0.3 is 5.32 Å². The summed E-state index contributed by atoms with van der Waals surface area (Å²) in [5.41, 5.74) is 4.16. The highest BCUT2D eigenvalue weighted by Crippen LogP contribution is 2.32. The molecule has 0 unspecified atom stereocenters. The Morgan fingerprint density at radius 1 is 1.18 bits per heavy atom. The zero-order chi connectivity index (χ0) is 12.3. The van der Waals surface area contributed by atoms with E-state index in [9.17, 15) is 0 Å². The fourth-order valence-corrected chi connectivity index (χ4v) is 2.92. The van der Waals surface area contributed by atoms with Gasteiger partial charge in [0.2, 0.25) is 0 Å². The van der Waals surface area contributed by atoms with E-state index in [1.807, 2.05) is 11.3 Å². The Balaban J connectivity index is 2.21. The fraction of sp³-hybridized carbons (Fsp3) is 0.333. The molecule has 0 aliphatic rings. The maximum Gasteiger partial charge on any atom is 0.0375 e. The van der Waals surface area contributed by atoms with Crippen LogP contribution in [-0.4, -0.2) is 6.04 Å². The van der Waals surface area contributed by atoms with E-state index in [0.717, 1.165) is 6.54 Å². The number of hydrogen-bond acceptors (Lipinski definition) is 2. The molecule has 2 aromatic rings. The monoisotopic (exact) mass is 245 g/mol. The standard InChI is InChI=1S/C15H19NS/c1-11(2)16-9-14-10-17-15(12(14)3)13-7-5-4-6-8-13/h4-8,10-11,16H,9H2,1-3H3. The first kappa shape index (κ1) is 12.3. The molecule has 0 amide bonds. The van der Waals surface area contributed by atoms with Gasteiger partial charge in [-0.2, -0.15) is 0 Å². The van der Waals surface area contributed by atoms with Crippen LogP contribution < -0.4 is 5.32 Å². The minimum absolute atomic E-state index is 0.537. The molecule has 90 valence electrons. The average molecular weight is 245 g/mol. The van der Waals surface area contributed by atoms with Gasteiger partial charge in [-0.15, -0.1) is 11.3 Å². The van der Waals surface area contributed by atoms with Crippen LogP contribution in [-0.2, 0) is 6.54 Å². The van der Waals surface area contributed by atoms with Crippen LogP contribution in [0.3, 0.4) is 0 Å². The molecule has 0 aliphatic carbocycles. The van der Waals surface area contributed by atoms with Crippen molar-refractivity contribution in [1.29, 1.82) is 0 Å². The van der Waals surface area contributed by atoms with Crippen LogP contribution in [0.25, 0.3) is 10.4 Å². The Hall–Kier alpha value is -1.12. The molecule has 0 aliphatic heterocycles. The predicted octanol–water partition coefficient (Wildman–Crippen LogP) is 4.22. The summed E-state index contributed by atoms with van der Waals surface area (Å²) in [7, 11) is 0. The predicted molar refractivity (Wildman–Crippen MR) is 76.5 cm³/mol. The van der Waals surface area contributed by atoms with E-state index in [0.29, 0.717) is 6.04 Å². The third-order valence-corrected chi connectivity index (χ3v) is 4.06. The zero-order valence-electron chi connectivity index (χ0n) is 10.7. The van der Waals surface area contributed by atoms with Gasteiger partial charge in [-0.1, -0.05) is 44.2 Å². The number of nitrogens with one attached hydrogen (secondary N) is 1. The summed E-state index contributed by atoms with van der Waals surface area (Å²) in [5, 5.41) is 5.74. The minimum Gasteiger partial charge on any atom is -0.310 e. The molecular weight excluding hydrogens is 226 g/mol. The zero-order valence-corrected chi connectivity index (χ0v) is 11.5. The Kier molecular flexibility index (Phi) is 3.97. The van der Waals surface area contributed by atoms with Crippen LogP contribution in [0.4, 0.5) is 0 Å². The lowest BCUT2D eigenvalue weighted by molar-refractivity contribution is 0.588. The first-order valence-corrected chi connectivity index (χ1v) is 6.92. The normalized spacial score (nSPS) is 11.1. The summed E-state index contributed by atoms with van der Waals surface area (Å²) < 4.78 is 0. The van der Waals surface area contributed by atoms with Crippen LogP contribution in [0.15, 0.2) is 35.7 Å². The van der Waals surface area contributed by atoms with Crippen molar-refractivity contribution in [3.05, 3.63) is 46.8 Å². The van der Waals surface area contributed by atoms with E-state index in [4.69, 9.17) is 0 Å². The van der Waals surface area contributed by atoms with E-state index in [1.165, 1.54) is 21.6 Å². The van der Waals surface area contributed by atoms with E-state index >= 15 is 0 Å². The highest BCUT2D eigenvalue weighted by molar-refractivity contribution is 7.14. The molecule has 1 heterocycles. The van der Waals surface area contributed by atoms with Crippen LogP contribution in [0, 0.1) is 6.92 Å². The van der Waals surface area contributed by atoms with Gasteiger partial charge in [0.05, 0.1) is 0 Å². The molecule has 0 bridgehead atoms. The lowest BCUT2D eigenvalue weighted by Crippen LogP contribution is -2.21. The van der Waals surface area contributed by atoms with E-state index in [2.05, 4.69) is 61.8 Å². The molecule has 1 aromatic carbocycles. The second-order valence-electron chi connectivity index (χ2n) is 4.62. The summed E-state index contributed by atoms with van der Waals surface area (Å²) in [4.78, 5) is 1.39. The van der Waals surface area contributed by atoms with Gasteiger partial charge in [-0.25, -0.2) is 0 Å². The van der Waals surface area contributed by atoms with Crippen molar-refractivity contribution in [2.24, 2.45) is 0 Å². The molecule has 2 heteroatoms. The van der Waals surface area contributed by atoms with Gasteiger partial charge in [0, 0.05) is 17.5 Å². The molecule has 1 nitrogen and oxygen atoms in total. The average Bonchev–Trinajstić information content (AvgIpc) is 2.69. The van der Waals surface area contributed by atoms with Crippen molar-refractivity contribution >= 4 is 11.3 Å². The number of rotatable bonds is 4. The van der Waals surface area contributed by atoms with Crippen molar-refractivity contribution in [3.63, 3.8) is 0 Å². The van der Waals surface area contributed by atoms with Crippen LogP contribution >= 0.6 is 11.3 Å². The minimum atomic E-state index is 0.537. The van der Waals surface area contributed by atoms with Gasteiger partial charge in [-0.3, -0.25) is 0 Å². The van der Waals surface area contributed by atoms with Crippen LogP contribution in [0.1, 0.15) is 25.0 Å². The van der Waals surface area contributed by atoms with E-state index < -0.39 is 0 Å². The van der Waals surface area contributed by atoms with Crippen molar-refractivity contribution in [2.45, 2.75) is 33.4 Å². The molecule has 17 heavy (non-hydrogen) atoms. The van der Waals surface area contributed by atoms with Crippen molar-refractivity contribution < 1.29 is 0 Å². The Morgan fingerprint density at radius 3 is 2.53 bits per heavy atom. The van der Waals surface area contributed by atoms with Crippen LogP contribution in [0.2, 0.25) is 0 Å². The lowest BCUT2D eigenvalue weighted by Gasteiger charge is -2.08. The van der Waals surface area contributed by atoms with Gasteiger partial charge in [-0.05, 0) is 29.0 Å². The van der Waals surface area contributed by atoms with Gasteiger partial charge in [0.15, 0.2) is 0 Å². The molecule has 2 rings (SSSR count). The van der Waals surface area contributed by atoms with Crippen molar-refractivity contribution in [1.82, 2.24) is 5.32 Å². The number of hydrogen-bond donors (Lipinski definition) is 1. The maximum absolute atomic E-state index is 3.47. The summed E-state index contributed by atoms with van der Waals surface area (Å²) in [6, 6.07) is 11.2. The molecule has 0 saturated carbocycles. The first-order chi connectivity index (χ1) is 8.18. The molecule has 0 spiro atoms. The van der Waals surface area contributed by atoms with Gasteiger partial charge >= 0.3 is 0 Å². The smallest absolute Gasteiger partial charge is 0.0375 e.